The van der Waals surface area contributed by atoms with Gasteiger partial charge in [-0.15, -0.1) is 22.7 Å². The maximum Gasteiger partial charge on any atom is 0.260 e. The third-order valence-corrected chi connectivity index (χ3v) is 7.29. The van der Waals surface area contributed by atoms with Gasteiger partial charge in [0, 0.05) is 33.8 Å². The van der Waals surface area contributed by atoms with E-state index in [0.29, 0.717) is 17.0 Å². The minimum absolute atomic E-state index is 0.0725. The number of thiocarbonyl (C=S) groups is 1. The second-order valence-corrected chi connectivity index (χ2v) is 9.23. The quantitative estimate of drug-likeness (QED) is 0.609. The lowest BCUT2D eigenvalue weighted by Crippen LogP contribution is -2.26. The van der Waals surface area contributed by atoms with Crippen LogP contribution in [0.2, 0.25) is 0 Å². The van der Waals surface area contributed by atoms with Crippen LogP contribution >= 0.6 is 46.7 Å². The van der Waals surface area contributed by atoms with E-state index in [2.05, 4.69) is 47.8 Å². The fourth-order valence-electron chi connectivity index (χ4n) is 2.53. The third kappa shape index (κ3) is 3.97. The molecule has 132 valence electrons. The molecule has 25 heavy (non-hydrogen) atoms. The molecule has 0 saturated heterocycles. The van der Waals surface area contributed by atoms with Gasteiger partial charge in [0.2, 0.25) is 0 Å². The Balaban J connectivity index is 1.86. The van der Waals surface area contributed by atoms with Crippen molar-refractivity contribution in [2.24, 2.45) is 0 Å². The maximum absolute atomic E-state index is 12.6. The summed E-state index contributed by atoms with van der Waals surface area (Å²) < 4.78 is 0.841. The molecule has 0 fully saturated rings. The summed E-state index contributed by atoms with van der Waals surface area (Å²) in [4.78, 5) is 25.4. The number of fused-ring (bicyclic) bond motifs is 1. The molecule has 0 aliphatic heterocycles. The summed E-state index contributed by atoms with van der Waals surface area (Å²) in [6.45, 7) is 8.02. The number of nitrogens with one attached hydrogen (secondary N) is 1. The van der Waals surface area contributed by atoms with Crippen LogP contribution in [-0.2, 0) is 5.75 Å². The Kier molecular flexibility index (Phi) is 5.93. The van der Waals surface area contributed by atoms with Gasteiger partial charge in [-0.05, 0) is 32.9 Å². The van der Waals surface area contributed by atoms with E-state index in [1.54, 1.807) is 23.1 Å². The summed E-state index contributed by atoms with van der Waals surface area (Å²) in [7, 11) is 0. The molecular weight excluding hydrogens is 390 g/mol. The average Bonchev–Trinajstić information content (AvgIpc) is 3.20. The second-order valence-electron chi connectivity index (χ2n) is 5.48. The topological polar surface area (TPSA) is 49.0 Å². The van der Waals surface area contributed by atoms with Gasteiger partial charge >= 0.3 is 0 Å². The van der Waals surface area contributed by atoms with E-state index in [1.165, 1.54) is 16.2 Å². The zero-order chi connectivity index (χ0) is 18.0. The Morgan fingerprint density at radius 1 is 1.36 bits per heavy atom. The summed E-state index contributed by atoms with van der Waals surface area (Å²) in [5.74, 6) is 1.25. The third-order valence-electron chi connectivity index (χ3n) is 3.85. The minimum Gasteiger partial charge on any atom is -0.358 e. The lowest BCUT2D eigenvalue weighted by Gasteiger charge is -2.20. The highest BCUT2D eigenvalue weighted by atomic mass is 32.2. The molecule has 3 rings (SSSR count). The molecule has 3 aromatic rings. The van der Waals surface area contributed by atoms with Crippen molar-refractivity contribution in [2.75, 3.05) is 13.1 Å². The van der Waals surface area contributed by atoms with E-state index in [4.69, 9.17) is 12.2 Å². The van der Waals surface area contributed by atoms with Gasteiger partial charge in [0.1, 0.15) is 15.0 Å². The van der Waals surface area contributed by atoms with Gasteiger partial charge in [-0.25, -0.2) is 4.98 Å². The van der Waals surface area contributed by atoms with Crippen molar-refractivity contribution >= 4 is 61.2 Å². The highest BCUT2D eigenvalue weighted by Gasteiger charge is 2.15. The van der Waals surface area contributed by atoms with Crippen molar-refractivity contribution < 1.29 is 0 Å². The van der Waals surface area contributed by atoms with Gasteiger partial charge < -0.3 is 9.88 Å². The van der Waals surface area contributed by atoms with Gasteiger partial charge in [0.25, 0.3) is 5.56 Å². The van der Waals surface area contributed by atoms with E-state index in [0.717, 1.165) is 32.7 Å². The fraction of sp³-hybridized carbons (Fsp3) is 0.353. The van der Waals surface area contributed by atoms with Crippen molar-refractivity contribution in [3.05, 3.63) is 38.6 Å². The number of thiophene rings is 2. The molecule has 0 aromatic carbocycles. The molecule has 0 aliphatic carbocycles. The summed E-state index contributed by atoms with van der Waals surface area (Å²) in [6, 6.07) is 4.14. The van der Waals surface area contributed by atoms with Gasteiger partial charge in [-0.2, -0.15) is 0 Å². The van der Waals surface area contributed by atoms with Gasteiger partial charge in [0.05, 0.1) is 11.1 Å². The van der Waals surface area contributed by atoms with E-state index >= 15 is 0 Å². The largest absolute Gasteiger partial charge is 0.358 e. The molecule has 3 aromatic heterocycles. The van der Waals surface area contributed by atoms with Crippen LogP contribution in [0.5, 0.6) is 0 Å². The van der Waals surface area contributed by atoms with Crippen LogP contribution in [0.4, 0.5) is 0 Å². The second kappa shape index (κ2) is 7.99. The zero-order valence-electron chi connectivity index (χ0n) is 14.3. The number of thioether (sulfide) groups is 1. The number of H-pyrrole nitrogens is 1. The van der Waals surface area contributed by atoms with Crippen molar-refractivity contribution in [3.8, 4) is 10.4 Å². The van der Waals surface area contributed by atoms with Crippen LogP contribution in [0.1, 0.15) is 24.5 Å². The Labute approximate surface area is 164 Å². The molecule has 0 aliphatic rings. The molecule has 0 spiro atoms. The molecule has 0 saturated carbocycles. The Morgan fingerprint density at radius 2 is 2.12 bits per heavy atom. The molecule has 4 nitrogen and oxygen atoms in total. The Hall–Kier alpha value is -1.22. The highest BCUT2D eigenvalue weighted by molar-refractivity contribution is 8.22. The van der Waals surface area contributed by atoms with Gasteiger partial charge in [0.15, 0.2) is 0 Å². The first-order valence-corrected chi connectivity index (χ1v) is 11.1. The standard InChI is InChI=1S/C17H19N3OS4/c1-4-20(5-2)17(22)24-9-13-18-15(21)14-11(8-23-16(14)19-13)12-7-6-10(3)25-12/h6-8H,4-5,9H2,1-3H3,(H,18,19,21). The first kappa shape index (κ1) is 18.6. The Morgan fingerprint density at radius 3 is 2.76 bits per heavy atom. The summed E-state index contributed by atoms with van der Waals surface area (Å²) in [6.07, 6.45) is 0. The molecule has 0 amide bonds. The average molecular weight is 410 g/mol. The lowest BCUT2D eigenvalue weighted by atomic mass is 10.2. The van der Waals surface area contributed by atoms with E-state index in [-0.39, 0.29) is 5.56 Å². The number of aryl methyl sites for hydroxylation is 1. The normalized spacial score (nSPS) is 11.2. The molecular formula is C17H19N3OS4. The number of nitrogens with zero attached hydrogens (tertiary/aromatic N) is 2. The highest BCUT2D eigenvalue weighted by Crippen LogP contribution is 2.35. The van der Waals surface area contributed by atoms with E-state index < -0.39 is 0 Å². The minimum atomic E-state index is -0.0725. The van der Waals surface area contributed by atoms with Gasteiger partial charge in [-0.1, -0.05) is 24.0 Å². The first-order valence-electron chi connectivity index (χ1n) is 8.02. The zero-order valence-corrected chi connectivity index (χ0v) is 17.6. The Bertz CT molecular complexity index is 952. The predicted molar refractivity (Wildman–Crippen MR) is 115 cm³/mol. The maximum atomic E-state index is 12.6. The number of aromatic nitrogens is 2. The van der Waals surface area contributed by atoms with Crippen LogP contribution in [0.15, 0.2) is 22.3 Å². The monoisotopic (exact) mass is 409 g/mol. The smallest absolute Gasteiger partial charge is 0.260 e. The number of hydrogen-bond donors (Lipinski definition) is 1. The van der Waals surface area contributed by atoms with Crippen LogP contribution in [0.3, 0.4) is 0 Å². The van der Waals surface area contributed by atoms with Crippen molar-refractivity contribution in [3.63, 3.8) is 0 Å². The molecule has 3 heterocycles. The van der Waals surface area contributed by atoms with Crippen LogP contribution in [0, 0.1) is 6.92 Å². The molecule has 0 radical (unpaired) electrons. The van der Waals surface area contributed by atoms with Crippen LogP contribution in [-0.4, -0.2) is 32.3 Å². The summed E-state index contributed by atoms with van der Waals surface area (Å²) in [5, 5.41) is 2.71. The predicted octanol–water partition coefficient (Wildman–Crippen LogP) is 4.88. The van der Waals surface area contributed by atoms with E-state index in [9.17, 15) is 4.79 Å². The first-order chi connectivity index (χ1) is 12.0. The molecule has 1 N–H and O–H groups in total. The number of hydrogen-bond acceptors (Lipinski definition) is 6. The number of rotatable bonds is 5. The summed E-state index contributed by atoms with van der Waals surface area (Å²) in [5.41, 5.74) is 0.904. The molecule has 0 bridgehead atoms. The number of aromatic amines is 1. The van der Waals surface area contributed by atoms with Crippen LogP contribution < -0.4 is 5.56 Å². The lowest BCUT2D eigenvalue weighted by molar-refractivity contribution is 0.482. The molecule has 8 heteroatoms. The van der Waals surface area contributed by atoms with E-state index in [1.807, 2.05) is 5.38 Å². The molecule has 0 atom stereocenters. The van der Waals surface area contributed by atoms with Crippen molar-refractivity contribution in [1.82, 2.24) is 14.9 Å². The van der Waals surface area contributed by atoms with Crippen molar-refractivity contribution in [2.45, 2.75) is 26.5 Å². The van der Waals surface area contributed by atoms with Gasteiger partial charge in [-0.3, -0.25) is 4.79 Å². The molecule has 0 unspecified atom stereocenters. The SMILES string of the molecule is CCN(CC)C(=S)SCc1nc2scc(-c3ccc(C)s3)c2c(=O)[nH]1. The van der Waals surface area contributed by atoms with Crippen molar-refractivity contribution in [1.29, 1.82) is 0 Å². The summed E-state index contributed by atoms with van der Waals surface area (Å²) >= 11 is 10.2. The van der Waals surface area contributed by atoms with Crippen LogP contribution in [0.25, 0.3) is 20.7 Å². The fourth-order valence-corrected chi connectivity index (χ4v) is 5.72.